The third kappa shape index (κ3) is 5.32. The largest absolute Gasteiger partial charge is 0.478 e. The molecule has 38 heavy (non-hydrogen) atoms. The lowest BCUT2D eigenvalue weighted by molar-refractivity contribution is 0.0693. The molecule has 1 aromatic heterocycles. The molecule has 12 heteroatoms. The number of fused-ring (bicyclic) bond motifs is 1. The smallest absolute Gasteiger partial charge is 0.335 e. The lowest BCUT2D eigenvalue weighted by atomic mass is 9.93. The summed E-state index contributed by atoms with van der Waals surface area (Å²) >= 11 is 0. The van der Waals surface area contributed by atoms with Crippen LogP contribution in [0.1, 0.15) is 61.9 Å². The van der Waals surface area contributed by atoms with Crippen molar-refractivity contribution < 1.29 is 27.5 Å². The number of hydrogen-bond acceptors (Lipinski definition) is 6. The van der Waals surface area contributed by atoms with E-state index >= 15 is 0 Å². The van der Waals surface area contributed by atoms with Crippen LogP contribution in [0.4, 0.5) is 4.39 Å². The van der Waals surface area contributed by atoms with E-state index in [4.69, 9.17) is 0 Å². The van der Waals surface area contributed by atoms with E-state index in [9.17, 15) is 27.5 Å². The van der Waals surface area contributed by atoms with Crippen molar-refractivity contribution in [3.63, 3.8) is 0 Å². The number of sulfonamides is 1. The predicted molar refractivity (Wildman–Crippen MR) is 136 cm³/mol. The Hall–Kier alpha value is -3.64. The van der Waals surface area contributed by atoms with Gasteiger partial charge < -0.3 is 10.0 Å². The Morgan fingerprint density at radius 3 is 2.42 bits per heavy atom. The number of aromatic nitrogens is 3. The van der Waals surface area contributed by atoms with Gasteiger partial charge in [0, 0.05) is 49.4 Å². The van der Waals surface area contributed by atoms with E-state index in [-0.39, 0.29) is 35.9 Å². The molecule has 1 amide bonds. The summed E-state index contributed by atoms with van der Waals surface area (Å²) in [7, 11) is -3.18. The first-order chi connectivity index (χ1) is 18.1. The van der Waals surface area contributed by atoms with Crippen molar-refractivity contribution in [2.24, 2.45) is 0 Å². The summed E-state index contributed by atoms with van der Waals surface area (Å²) in [6.45, 7) is 1.74. The van der Waals surface area contributed by atoms with Gasteiger partial charge in [-0.2, -0.15) is 0 Å². The fourth-order valence-corrected chi connectivity index (χ4v) is 6.07. The highest BCUT2D eigenvalue weighted by Gasteiger charge is 2.28. The van der Waals surface area contributed by atoms with Gasteiger partial charge in [0.05, 0.1) is 24.1 Å². The molecule has 0 unspecified atom stereocenters. The van der Waals surface area contributed by atoms with Crippen LogP contribution in [0, 0.1) is 5.82 Å². The second-order valence-corrected chi connectivity index (χ2v) is 11.8. The maximum Gasteiger partial charge on any atom is 0.335 e. The van der Waals surface area contributed by atoms with Gasteiger partial charge in [-0.1, -0.05) is 17.3 Å². The van der Waals surface area contributed by atoms with Crippen LogP contribution < -0.4 is 0 Å². The molecule has 10 nitrogen and oxygen atoms in total. The van der Waals surface area contributed by atoms with Crippen molar-refractivity contribution in [2.75, 3.05) is 25.9 Å². The highest BCUT2D eigenvalue weighted by Crippen LogP contribution is 2.28. The molecule has 200 valence electrons. The van der Waals surface area contributed by atoms with Crippen molar-refractivity contribution in [1.29, 1.82) is 0 Å². The van der Waals surface area contributed by atoms with Crippen LogP contribution in [0.3, 0.4) is 0 Å². The molecule has 0 bridgehead atoms. The quantitative estimate of drug-likeness (QED) is 0.508. The van der Waals surface area contributed by atoms with E-state index in [2.05, 4.69) is 10.3 Å². The number of benzene rings is 2. The third-order valence-electron chi connectivity index (χ3n) is 7.32. The van der Waals surface area contributed by atoms with Gasteiger partial charge in [-0.25, -0.2) is 26.6 Å². The lowest BCUT2D eigenvalue weighted by Crippen LogP contribution is -2.37. The van der Waals surface area contributed by atoms with Crippen LogP contribution in [0.25, 0.3) is 0 Å². The molecule has 2 aliphatic heterocycles. The Morgan fingerprint density at radius 1 is 1.05 bits per heavy atom. The van der Waals surface area contributed by atoms with Crippen molar-refractivity contribution in [3.8, 4) is 0 Å². The standard InChI is InChI=1S/C26H28FN5O5S/c1-38(36,37)32-12-8-18(9-13-32)24-16-31(29-28-24)14-17-2-4-19(5-3-17)25(33)30-11-10-20-21(26(34)35)6-7-23(27)22(20)15-30/h2-7,16,18H,8-15H2,1H3,(H,34,35). The van der Waals surface area contributed by atoms with Crippen LogP contribution >= 0.6 is 0 Å². The fourth-order valence-electron chi connectivity index (χ4n) is 5.19. The first-order valence-corrected chi connectivity index (χ1v) is 14.2. The Bertz CT molecular complexity index is 1480. The molecule has 0 saturated carbocycles. The number of rotatable bonds is 6. The number of carboxylic acid groups (broad SMARTS) is 1. The summed E-state index contributed by atoms with van der Waals surface area (Å²) in [5.74, 6) is -1.70. The van der Waals surface area contributed by atoms with E-state index in [1.165, 1.54) is 21.5 Å². The van der Waals surface area contributed by atoms with Gasteiger partial charge in [-0.3, -0.25) is 4.79 Å². The maximum atomic E-state index is 14.4. The number of amides is 1. The second kappa shape index (κ2) is 10.3. The van der Waals surface area contributed by atoms with Gasteiger partial charge in [-0.05, 0) is 54.7 Å². The predicted octanol–water partition coefficient (Wildman–Crippen LogP) is 2.50. The molecule has 1 N–H and O–H groups in total. The molecule has 5 rings (SSSR count). The van der Waals surface area contributed by atoms with Crippen molar-refractivity contribution in [1.82, 2.24) is 24.2 Å². The normalized spacial score (nSPS) is 16.8. The minimum Gasteiger partial charge on any atom is -0.478 e. The number of halogens is 1. The van der Waals surface area contributed by atoms with Gasteiger partial charge in [0.2, 0.25) is 10.0 Å². The minimum atomic E-state index is -3.18. The monoisotopic (exact) mass is 541 g/mol. The number of nitrogens with zero attached hydrogens (tertiary/aromatic N) is 5. The van der Waals surface area contributed by atoms with Crippen LogP contribution in [0.2, 0.25) is 0 Å². The molecule has 2 aromatic carbocycles. The van der Waals surface area contributed by atoms with Crippen LogP contribution in [-0.4, -0.2) is 75.5 Å². The lowest BCUT2D eigenvalue weighted by Gasteiger charge is -2.30. The molecule has 3 heterocycles. The molecule has 0 aliphatic carbocycles. The van der Waals surface area contributed by atoms with Crippen molar-refractivity contribution in [2.45, 2.75) is 38.3 Å². The summed E-state index contributed by atoms with van der Waals surface area (Å²) in [4.78, 5) is 26.1. The van der Waals surface area contributed by atoms with Gasteiger partial charge in [0.25, 0.3) is 5.91 Å². The third-order valence-corrected chi connectivity index (χ3v) is 8.62. The molecule has 2 aliphatic rings. The Kier molecular flexibility index (Phi) is 7.01. The molecular formula is C26H28FN5O5S. The van der Waals surface area contributed by atoms with E-state index < -0.39 is 21.8 Å². The fraction of sp³-hybridized carbons (Fsp3) is 0.385. The summed E-state index contributed by atoms with van der Waals surface area (Å²) in [6, 6.07) is 9.51. The van der Waals surface area contributed by atoms with E-state index in [1.807, 2.05) is 18.3 Å². The van der Waals surface area contributed by atoms with Crippen molar-refractivity contribution in [3.05, 3.63) is 81.9 Å². The number of aromatic carboxylic acids is 1. The number of hydrogen-bond donors (Lipinski definition) is 1. The molecule has 1 fully saturated rings. The molecular weight excluding hydrogens is 513 g/mol. The van der Waals surface area contributed by atoms with E-state index in [0.717, 1.165) is 17.3 Å². The molecule has 0 spiro atoms. The first-order valence-electron chi connectivity index (χ1n) is 12.4. The van der Waals surface area contributed by atoms with Gasteiger partial charge in [0.1, 0.15) is 5.82 Å². The zero-order valence-electron chi connectivity index (χ0n) is 20.9. The minimum absolute atomic E-state index is 0.0215. The molecule has 1 saturated heterocycles. The van der Waals surface area contributed by atoms with E-state index in [0.29, 0.717) is 50.1 Å². The number of piperidine rings is 1. The first kappa shape index (κ1) is 26.0. The second-order valence-electron chi connectivity index (χ2n) is 9.81. The summed E-state index contributed by atoms with van der Waals surface area (Å²) in [5.41, 5.74) is 3.01. The highest BCUT2D eigenvalue weighted by molar-refractivity contribution is 7.88. The summed E-state index contributed by atoms with van der Waals surface area (Å²) in [5, 5.41) is 17.9. The Balaban J connectivity index is 1.21. The number of carbonyl (C=O) groups is 2. The zero-order valence-corrected chi connectivity index (χ0v) is 21.7. The van der Waals surface area contributed by atoms with Crippen LogP contribution in [0.15, 0.2) is 42.6 Å². The Labute approximate surface area is 219 Å². The summed E-state index contributed by atoms with van der Waals surface area (Å²) < 4.78 is 41.1. The molecule has 0 atom stereocenters. The zero-order chi connectivity index (χ0) is 27.0. The van der Waals surface area contributed by atoms with Crippen LogP contribution in [0.5, 0.6) is 0 Å². The van der Waals surface area contributed by atoms with E-state index in [1.54, 1.807) is 16.8 Å². The van der Waals surface area contributed by atoms with Gasteiger partial charge in [-0.15, -0.1) is 5.10 Å². The maximum absolute atomic E-state index is 14.4. The highest BCUT2D eigenvalue weighted by atomic mass is 32.2. The SMILES string of the molecule is CS(=O)(=O)N1CCC(c2cn(Cc3ccc(C(=O)N4CCc5c(C(=O)O)ccc(F)c5C4)cc3)nn2)CC1. The van der Waals surface area contributed by atoms with Crippen LogP contribution in [-0.2, 0) is 29.5 Å². The topological polar surface area (TPSA) is 126 Å². The number of carbonyl (C=O) groups excluding carboxylic acids is 1. The summed E-state index contributed by atoms with van der Waals surface area (Å²) in [6.07, 6.45) is 4.78. The Morgan fingerprint density at radius 2 is 1.76 bits per heavy atom. The average Bonchev–Trinajstić information content (AvgIpc) is 3.36. The molecule has 0 radical (unpaired) electrons. The molecule has 3 aromatic rings. The van der Waals surface area contributed by atoms with Gasteiger partial charge in [0.15, 0.2) is 0 Å². The average molecular weight is 542 g/mol. The van der Waals surface area contributed by atoms with Crippen molar-refractivity contribution >= 4 is 21.9 Å². The number of carboxylic acids is 1. The van der Waals surface area contributed by atoms with Gasteiger partial charge >= 0.3 is 5.97 Å².